The standard InChI is InChI=1S/C17H13Br2NO3/c1-9-3-2-4-10(5-9)20-17(22)15-6-11-14(23-15)7-13(18)12(8-21)16(11)19/h2-7,21H,8H2,1H3,(H,20,22). The lowest BCUT2D eigenvalue weighted by Crippen LogP contribution is -2.10. The molecule has 0 atom stereocenters. The first kappa shape index (κ1) is 16.2. The van der Waals surface area contributed by atoms with Gasteiger partial charge in [0.25, 0.3) is 5.91 Å². The number of anilines is 1. The third-order valence-corrected chi connectivity index (χ3v) is 5.08. The fourth-order valence-electron chi connectivity index (χ4n) is 2.33. The van der Waals surface area contributed by atoms with Crippen molar-refractivity contribution in [2.75, 3.05) is 5.32 Å². The second kappa shape index (κ2) is 6.47. The number of aliphatic hydroxyl groups is 1. The highest BCUT2D eigenvalue weighted by molar-refractivity contribution is 9.11. The molecule has 0 unspecified atom stereocenters. The molecule has 0 spiro atoms. The number of rotatable bonds is 3. The lowest BCUT2D eigenvalue weighted by atomic mass is 10.1. The molecule has 6 heteroatoms. The van der Waals surface area contributed by atoms with E-state index in [9.17, 15) is 9.90 Å². The number of halogens is 2. The Morgan fingerprint density at radius 3 is 2.74 bits per heavy atom. The van der Waals surface area contributed by atoms with Crippen LogP contribution in [0.2, 0.25) is 0 Å². The Labute approximate surface area is 149 Å². The van der Waals surface area contributed by atoms with Gasteiger partial charge in [-0.1, -0.05) is 28.1 Å². The fourth-order valence-corrected chi connectivity index (χ4v) is 3.77. The number of fused-ring (bicyclic) bond motifs is 1. The van der Waals surface area contributed by atoms with Crippen molar-refractivity contribution >= 4 is 54.4 Å². The van der Waals surface area contributed by atoms with Gasteiger partial charge < -0.3 is 14.8 Å². The predicted molar refractivity (Wildman–Crippen MR) is 96.7 cm³/mol. The summed E-state index contributed by atoms with van der Waals surface area (Å²) in [5.41, 5.74) is 3.05. The SMILES string of the molecule is Cc1cccc(NC(=O)c2cc3c(Br)c(CO)c(Br)cc3o2)c1. The molecule has 1 aromatic heterocycles. The molecule has 118 valence electrons. The van der Waals surface area contributed by atoms with Crippen LogP contribution in [0.25, 0.3) is 11.0 Å². The highest BCUT2D eigenvalue weighted by Crippen LogP contribution is 2.35. The first-order chi connectivity index (χ1) is 11.0. The zero-order valence-electron chi connectivity index (χ0n) is 12.2. The number of aryl methyl sites for hydroxylation is 1. The number of hydrogen-bond acceptors (Lipinski definition) is 3. The van der Waals surface area contributed by atoms with Crippen LogP contribution in [0.4, 0.5) is 5.69 Å². The van der Waals surface area contributed by atoms with Gasteiger partial charge in [0.1, 0.15) is 5.58 Å². The summed E-state index contributed by atoms with van der Waals surface area (Å²) >= 11 is 6.84. The van der Waals surface area contributed by atoms with Gasteiger partial charge in [0, 0.05) is 25.6 Å². The Kier molecular flexibility index (Phi) is 4.57. The van der Waals surface area contributed by atoms with Crippen molar-refractivity contribution in [1.82, 2.24) is 0 Å². The zero-order valence-corrected chi connectivity index (χ0v) is 15.4. The third kappa shape index (κ3) is 3.20. The molecule has 0 aliphatic rings. The van der Waals surface area contributed by atoms with Gasteiger partial charge in [0.15, 0.2) is 5.76 Å². The van der Waals surface area contributed by atoms with E-state index in [0.717, 1.165) is 15.4 Å². The van der Waals surface area contributed by atoms with Crippen LogP contribution >= 0.6 is 31.9 Å². The number of carbonyl (C=O) groups excluding carboxylic acids is 1. The van der Waals surface area contributed by atoms with Gasteiger partial charge in [-0.3, -0.25) is 4.79 Å². The number of hydrogen-bond donors (Lipinski definition) is 2. The summed E-state index contributed by atoms with van der Waals surface area (Å²) in [7, 11) is 0. The predicted octanol–water partition coefficient (Wildman–Crippen LogP) is 5.01. The molecule has 0 saturated heterocycles. The summed E-state index contributed by atoms with van der Waals surface area (Å²) in [6.45, 7) is 1.84. The number of amides is 1. The molecule has 3 rings (SSSR count). The summed E-state index contributed by atoms with van der Waals surface area (Å²) in [6.07, 6.45) is 0. The van der Waals surface area contributed by atoms with Crippen LogP contribution in [0.5, 0.6) is 0 Å². The minimum absolute atomic E-state index is 0.118. The maximum Gasteiger partial charge on any atom is 0.291 e. The van der Waals surface area contributed by atoms with E-state index in [1.807, 2.05) is 31.2 Å². The second-order valence-corrected chi connectivity index (χ2v) is 6.80. The average molecular weight is 439 g/mol. The van der Waals surface area contributed by atoms with E-state index in [-0.39, 0.29) is 18.3 Å². The van der Waals surface area contributed by atoms with Crippen LogP contribution in [-0.2, 0) is 6.61 Å². The first-order valence-corrected chi connectivity index (χ1v) is 8.47. The molecule has 2 N–H and O–H groups in total. The smallest absolute Gasteiger partial charge is 0.291 e. The molecule has 0 saturated carbocycles. The molecule has 0 aliphatic heterocycles. The van der Waals surface area contributed by atoms with Crippen molar-refractivity contribution in [3.8, 4) is 0 Å². The van der Waals surface area contributed by atoms with Crippen molar-refractivity contribution in [3.63, 3.8) is 0 Å². The molecular weight excluding hydrogens is 426 g/mol. The maximum absolute atomic E-state index is 12.4. The Bertz CT molecular complexity index is 902. The Morgan fingerprint density at radius 2 is 2.04 bits per heavy atom. The van der Waals surface area contributed by atoms with Gasteiger partial charge in [-0.05, 0) is 52.7 Å². The van der Waals surface area contributed by atoms with Crippen LogP contribution in [0.15, 0.2) is 49.8 Å². The number of carbonyl (C=O) groups is 1. The van der Waals surface area contributed by atoms with E-state index in [4.69, 9.17) is 4.42 Å². The van der Waals surface area contributed by atoms with Gasteiger partial charge in [-0.15, -0.1) is 0 Å². The lowest BCUT2D eigenvalue weighted by Gasteiger charge is -2.04. The van der Waals surface area contributed by atoms with Crippen LogP contribution in [0.3, 0.4) is 0 Å². The molecule has 0 fully saturated rings. The summed E-state index contributed by atoms with van der Waals surface area (Å²) in [5.74, 6) is -0.107. The largest absolute Gasteiger partial charge is 0.451 e. The van der Waals surface area contributed by atoms with Crippen LogP contribution in [0, 0.1) is 6.92 Å². The Morgan fingerprint density at radius 1 is 1.26 bits per heavy atom. The number of furan rings is 1. The topological polar surface area (TPSA) is 62.5 Å². The number of aliphatic hydroxyl groups excluding tert-OH is 1. The van der Waals surface area contributed by atoms with E-state index in [1.54, 1.807) is 12.1 Å². The molecule has 3 aromatic rings. The highest BCUT2D eigenvalue weighted by atomic mass is 79.9. The zero-order chi connectivity index (χ0) is 16.6. The molecule has 4 nitrogen and oxygen atoms in total. The minimum atomic E-state index is -0.319. The summed E-state index contributed by atoms with van der Waals surface area (Å²) < 4.78 is 7.07. The van der Waals surface area contributed by atoms with Crippen LogP contribution in [-0.4, -0.2) is 11.0 Å². The maximum atomic E-state index is 12.4. The second-order valence-electron chi connectivity index (χ2n) is 5.16. The van der Waals surface area contributed by atoms with E-state index < -0.39 is 0 Å². The van der Waals surface area contributed by atoms with Crippen molar-refractivity contribution in [2.45, 2.75) is 13.5 Å². The first-order valence-electron chi connectivity index (χ1n) is 6.89. The monoisotopic (exact) mass is 437 g/mol. The summed E-state index contributed by atoms with van der Waals surface area (Å²) in [5, 5.41) is 13.0. The normalized spacial score (nSPS) is 11.0. The van der Waals surface area contributed by atoms with Gasteiger partial charge in [-0.25, -0.2) is 0 Å². The molecule has 0 aliphatic carbocycles. The van der Waals surface area contributed by atoms with E-state index in [1.165, 1.54) is 0 Å². The molecule has 23 heavy (non-hydrogen) atoms. The molecule has 1 amide bonds. The Balaban J connectivity index is 1.97. The van der Waals surface area contributed by atoms with E-state index in [0.29, 0.717) is 21.3 Å². The molecule has 2 aromatic carbocycles. The van der Waals surface area contributed by atoms with Crippen LogP contribution < -0.4 is 5.32 Å². The number of benzene rings is 2. The number of nitrogens with one attached hydrogen (secondary N) is 1. The summed E-state index contributed by atoms with van der Waals surface area (Å²) in [6, 6.07) is 11.0. The van der Waals surface area contributed by atoms with Gasteiger partial charge >= 0.3 is 0 Å². The molecule has 0 bridgehead atoms. The highest BCUT2D eigenvalue weighted by Gasteiger charge is 2.17. The van der Waals surface area contributed by atoms with Gasteiger partial charge in [0.05, 0.1) is 6.61 Å². The van der Waals surface area contributed by atoms with Crippen molar-refractivity contribution in [3.05, 3.63) is 62.2 Å². The van der Waals surface area contributed by atoms with E-state index >= 15 is 0 Å². The van der Waals surface area contributed by atoms with Crippen molar-refractivity contribution in [2.24, 2.45) is 0 Å². The molecule has 0 radical (unpaired) electrons. The van der Waals surface area contributed by atoms with Gasteiger partial charge in [-0.2, -0.15) is 0 Å². The third-order valence-electron chi connectivity index (χ3n) is 3.47. The fraction of sp³-hybridized carbons (Fsp3) is 0.118. The Hall–Kier alpha value is -1.63. The van der Waals surface area contributed by atoms with Gasteiger partial charge in [0.2, 0.25) is 0 Å². The quantitative estimate of drug-likeness (QED) is 0.604. The van der Waals surface area contributed by atoms with Crippen molar-refractivity contribution in [1.29, 1.82) is 0 Å². The lowest BCUT2D eigenvalue weighted by molar-refractivity contribution is 0.0998. The van der Waals surface area contributed by atoms with E-state index in [2.05, 4.69) is 37.2 Å². The van der Waals surface area contributed by atoms with Crippen LogP contribution in [0.1, 0.15) is 21.7 Å². The van der Waals surface area contributed by atoms with Crippen molar-refractivity contribution < 1.29 is 14.3 Å². The summed E-state index contributed by atoms with van der Waals surface area (Å²) in [4.78, 5) is 12.4. The minimum Gasteiger partial charge on any atom is -0.451 e. The molecular formula is C17H13Br2NO3. The average Bonchev–Trinajstić information content (AvgIpc) is 2.92. The molecule has 1 heterocycles.